The molecular weight excluding hydrogens is 296 g/mol. The first-order chi connectivity index (χ1) is 9.73. The summed E-state index contributed by atoms with van der Waals surface area (Å²) in [6, 6.07) is 5.20. The number of hydrogen-bond donors (Lipinski definition) is 2. The molecule has 7 nitrogen and oxygen atoms in total. The van der Waals surface area contributed by atoms with Crippen LogP contribution in [0.4, 0.5) is 5.69 Å². The molecule has 8 heteroatoms. The van der Waals surface area contributed by atoms with Gasteiger partial charge in [-0.1, -0.05) is 6.07 Å². The Morgan fingerprint density at radius 1 is 1.38 bits per heavy atom. The molecule has 3 N–H and O–H groups in total. The zero-order valence-corrected chi connectivity index (χ0v) is 12.6. The number of rotatable bonds is 6. The summed E-state index contributed by atoms with van der Waals surface area (Å²) in [7, 11) is -2.08. The molecule has 0 bridgehead atoms. The maximum Gasteiger partial charge on any atom is 0.328 e. The molecule has 0 unspecified atom stereocenters. The minimum Gasteiger partial charge on any atom is -0.467 e. The Balaban J connectivity index is 2.81. The molecule has 0 aliphatic carbocycles. The van der Waals surface area contributed by atoms with Crippen LogP contribution >= 0.6 is 0 Å². The van der Waals surface area contributed by atoms with Crippen molar-refractivity contribution < 1.29 is 22.7 Å². The van der Waals surface area contributed by atoms with Gasteiger partial charge in [-0.2, -0.15) is 0 Å². The molecule has 1 rings (SSSR count). The van der Waals surface area contributed by atoms with Crippen LogP contribution < -0.4 is 11.1 Å². The third-order valence-electron chi connectivity index (χ3n) is 2.72. The summed E-state index contributed by atoms with van der Waals surface area (Å²) >= 11 is 0. The van der Waals surface area contributed by atoms with Crippen LogP contribution in [0.25, 0.3) is 0 Å². The van der Waals surface area contributed by atoms with Crippen molar-refractivity contribution in [3.05, 3.63) is 29.8 Å². The number of nitrogen functional groups attached to an aromatic ring is 1. The number of carbonyl (C=O) groups excluding carboxylic acids is 2. The van der Waals surface area contributed by atoms with E-state index in [1.165, 1.54) is 19.2 Å². The van der Waals surface area contributed by atoms with Gasteiger partial charge in [0.25, 0.3) is 5.91 Å². The van der Waals surface area contributed by atoms with Crippen molar-refractivity contribution in [2.75, 3.05) is 24.9 Å². The lowest BCUT2D eigenvalue weighted by Crippen LogP contribution is -2.42. The lowest BCUT2D eigenvalue weighted by atomic mass is 10.1. The standard InChI is InChI=1S/C13H18N2O5S/c1-20-13(17)11(6-7-21(2,18)19)15-12(16)9-4-3-5-10(14)8-9/h3-5,8,11H,6-7,14H2,1-2H3,(H,15,16)/t11-/m0/s1. The molecular formula is C13H18N2O5S. The smallest absolute Gasteiger partial charge is 0.328 e. The average molecular weight is 314 g/mol. The van der Waals surface area contributed by atoms with E-state index in [1.54, 1.807) is 12.1 Å². The van der Waals surface area contributed by atoms with E-state index in [0.717, 1.165) is 6.26 Å². The van der Waals surface area contributed by atoms with Crippen LogP contribution in [0.5, 0.6) is 0 Å². The molecule has 1 atom stereocenters. The summed E-state index contributed by atoms with van der Waals surface area (Å²) in [5, 5.41) is 2.45. The quantitative estimate of drug-likeness (QED) is 0.563. The van der Waals surface area contributed by atoms with E-state index < -0.39 is 27.8 Å². The van der Waals surface area contributed by atoms with Crippen LogP contribution in [0.15, 0.2) is 24.3 Å². The lowest BCUT2D eigenvalue weighted by Gasteiger charge is -2.16. The van der Waals surface area contributed by atoms with Gasteiger partial charge in [0.2, 0.25) is 0 Å². The normalized spacial score (nSPS) is 12.5. The summed E-state index contributed by atoms with van der Waals surface area (Å²) in [5.41, 5.74) is 6.27. The van der Waals surface area contributed by atoms with Crippen LogP contribution in [0.1, 0.15) is 16.8 Å². The molecule has 0 saturated heterocycles. The molecule has 0 aliphatic rings. The molecule has 0 radical (unpaired) electrons. The number of esters is 1. The highest BCUT2D eigenvalue weighted by Crippen LogP contribution is 2.08. The maximum absolute atomic E-state index is 12.0. The van der Waals surface area contributed by atoms with E-state index in [-0.39, 0.29) is 17.7 Å². The molecule has 1 aromatic carbocycles. The Morgan fingerprint density at radius 2 is 2.05 bits per heavy atom. The zero-order valence-electron chi connectivity index (χ0n) is 11.8. The number of hydrogen-bond acceptors (Lipinski definition) is 6. The van der Waals surface area contributed by atoms with Crippen molar-refractivity contribution in [1.29, 1.82) is 0 Å². The Kier molecular flexibility index (Phi) is 5.71. The van der Waals surface area contributed by atoms with Gasteiger partial charge in [-0.05, 0) is 24.6 Å². The summed E-state index contributed by atoms with van der Waals surface area (Å²) in [6.07, 6.45) is 1.00. The second-order valence-electron chi connectivity index (χ2n) is 4.59. The van der Waals surface area contributed by atoms with E-state index >= 15 is 0 Å². The fraction of sp³-hybridized carbons (Fsp3) is 0.385. The largest absolute Gasteiger partial charge is 0.467 e. The van der Waals surface area contributed by atoms with E-state index in [2.05, 4.69) is 10.1 Å². The minimum absolute atomic E-state index is 0.0560. The van der Waals surface area contributed by atoms with Gasteiger partial charge < -0.3 is 15.8 Å². The Morgan fingerprint density at radius 3 is 2.57 bits per heavy atom. The average Bonchev–Trinajstić information content (AvgIpc) is 2.41. The van der Waals surface area contributed by atoms with Crippen molar-refractivity contribution in [3.8, 4) is 0 Å². The molecule has 0 aliphatic heterocycles. The summed E-state index contributed by atoms with van der Waals surface area (Å²) in [4.78, 5) is 23.6. The van der Waals surface area contributed by atoms with Gasteiger partial charge in [0.1, 0.15) is 15.9 Å². The van der Waals surface area contributed by atoms with Crippen LogP contribution in [-0.4, -0.2) is 45.5 Å². The van der Waals surface area contributed by atoms with Crippen molar-refractivity contribution >= 4 is 27.4 Å². The molecule has 116 valence electrons. The highest BCUT2D eigenvalue weighted by molar-refractivity contribution is 7.90. The number of carbonyl (C=O) groups is 2. The van der Waals surface area contributed by atoms with E-state index in [4.69, 9.17) is 5.73 Å². The number of nitrogens with two attached hydrogens (primary N) is 1. The van der Waals surface area contributed by atoms with Crippen LogP contribution in [0, 0.1) is 0 Å². The van der Waals surface area contributed by atoms with Gasteiger partial charge in [-0.15, -0.1) is 0 Å². The topological polar surface area (TPSA) is 116 Å². The third kappa shape index (κ3) is 5.82. The molecule has 21 heavy (non-hydrogen) atoms. The predicted molar refractivity (Wildman–Crippen MR) is 78.5 cm³/mol. The molecule has 0 fully saturated rings. The monoisotopic (exact) mass is 314 g/mol. The van der Waals surface area contributed by atoms with Crippen LogP contribution in [0.2, 0.25) is 0 Å². The molecule has 0 spiro atoms. The molecule has 0 saturated carbocycles. The SMILES string of the molecule is COC(=O)[C@H](CCS(C)(=O)=O)NC(=O)c1cccc(N)c1. The summed E-state index contributed by atoms with van der Waals surface area (Å²) < 4.78 is 26.9. The van der Waals surface area contributed by atoms with Crippen molar-refractivity contribution in [3.63, 3.8) is 0 Å². The van der Waals surface area contributed by atoms with Gasteiger partial charge in [0.05, 0.1) is 12.9 Å². The molecule has 0 heterocycles. The second kappa shape index (κ2) is 7.07. The van der Waals surface area contributed by atoms with Crippen LogP contribution in [-0.2, 0) is 19.4 Å². The Labute approximate surface area is 123 Å². The fourth-order valence-electron chi connectivity index (χ4n) is 1.64. The van der Waals surface area contributed by atoms with E-state index in [0.29, 0.717) is 5.69 Å². The van der Waals surface area contributed by atoms with Crippen LogP contribution in [0.3, 0.4) is 0 Å². The van der Waals surface area contributed by atoms with Crippen molar-refractivity contribution in [1.82, 2.24) is 5.32 Å². The molecule has 1 amide bonds. The fourth-order valence-corrected chi connectivity index (χ4v) is 2.31. The minimum atomic E-state index is -3.25. The first-order valence-corrected chi connectivity index (χ1v) is 8.21. The van der Waals surface area contributed by atoms with Crippen molar-refractivity contribution in [2.45, 2.75) is 12.5 Å². The zero-order chi connectivity index (χ0) is 16.0. The number of methoxy groups -OCH3 is 1. The first-order valence-electron chi connectivity index (χ1n) is 6.15. The first kappa shape index (κ1) is 17.0. The number of ether oxygens (including phenoxy) is 1. The van der Waals surface area contributed by atoms with Gasteiger partial charge in [-0.25, -0.2) is 13.2 Å². The number of sulfone groups is 1. The Bertz CT molecular complexity index is 627. The highest BCUT2D eigenvalue weighted by atomic mass is 32.2. The number of amides is 1. The number of anilines is 1. The number of benzene rings is 1. The van der Waals surface area contributed by atoms with Gasteiger partial charge in [0, 0.05) is 17.5 Å². The van der Waals surface area contributed by atoms with Gasteiger partial charge in [-0.3, -0.25) is 4.79 Å². The highest BCUT2D eigenvalue weighted by Gasteiger charge is 2.23. The van der Waals surface area contributed by atoms with Gasteiger partial charge in [0.15, 0.2) is 0 Å². The third-order valence-corrected chi connectivity index (χ3v) is 3.69. The molecule has 0 aromatic heterocycles. The maximum atomic E-state index is 12.0. The molecule has 1 aromatic rings. The number of nitrogens with one attached hydrogen (secondary N) is 1. The second-order valence-corrected chi connectivity index (χ2v) is 6.85. The summed E-state index contributed by atoms with van der Waals surface area (Å²) in [5.74, 6) is -1.45. The van der Waals surface area contributed by atoms with E-state index in [9.17, 15) is 18.0 Å². The predicted octanol–water partition coefficient (Wildman–Crippen LogP) is -0.0251. The van der Waals surface area contributed by atoms with E-state index in [1.807, 2.05) is 0 Å². The Hall–Kier alpha value is -2.09. The lowest BCUT2D eigenvalue weighted by molar-refractivity contribution is -0.142. The summed E-state index contributed by atoms with van der Waals surface area (Å²) in [6.45, 7) is 0. The van der Waals surface area contributed by atoms with Crippen molar-refractivity contribution in [2.24, 2.45) is 0 Å². The van der Waals surface area contributed by atoms with Gasteiger partial charge >= 0.3 is 5.97 Å².